The maximum atomic E-state index is 10.8. The van der Waals surface area contributed by atoms with Gasteiger partial charge in [0, 0.05) is 18.1 Å². The van der Waals surface area contributed by atoms with Crippen molar-refractivity contribution in [3.8, 4) is 5.75 Å². The minimum absolute atomic E-state index is 0.0542. The summed E-state index contributed by atoms with van der Waals surface area (Å²) in [7, 11) is 1.66. The molecule has 1 aromatic carbocycles. The third-order valence-corrected chi connectivity index (χ3v) is 3.65. The fraction of sp³-hybridized carbons (Fsp3) is 0.588. The second-order valence-corrected chi connectivity index (χ2v) is 6.41. The lowest BCUT2D eigenvalue weighted by Gasteiger charge is -2.40. The molecule has 0 bridgehead atoms. The van der Waals surface area contributed by atoms with E-state index in [2.05, 4.69) is 44.7 Å². The van der Waals surface area contributed by atoms with Crippen LogP contribution in [0.1, 0.15) is 39.7 Å². The van der Waals surface area contributed by atoms with Gasteiger partial charge in [-0.3, -0.25) is 9.69 Å². The van der Waals surface area contributed by atoms with Gasteiger partial charge in [-0.2, -0.15) is 0 Å². The monoisotopic (exact) mass is 293 g/mol. The molecule has 0 saturated heterocycles. The Bertz CT molecular complexity index is 448. The van der Waals surface area contributed by atoms with Crippen LogP contribution < -0.4 is 4.74 Å². The number of aliphatic carboxylic acids is 1. The van der Waals surface area contributed by atoms with Crippen LogP contribution in [0.4, 0.5) is 0 Å². The number of rotatable bonds is 7. The van der Waals surface area contributed by atoms with Crippen LogP contribution in [0.5, 0.6) is 5.75 Å². The molecule has 0 aliphatic heterocycles. The number of ether oxygens (including phenoxy) is 1. The molecule has 118 valence electrons. The number of benzene rings is 1. The van der Waals surface area contributed by atoms with Crippen molar-refractivity contribution in [1.82, 2.24) is 4.90 Å². The SMILES string of the molecule is COc1ccc(CC(C)N(CCC(=O)O)C(C)(C)C)cc1. The lowest BCUT2D eigenvalue weighted by Crippen LogP contribution is -2.48. The Balaban J connectivity index is 2.74. The van der Waals surface area contributed by atoms with Gasteiger partial charge >= 0.3 is 5.97 Å². The minimum atomic E-state index is -0.749. The van der Waals surface area contributed by atoms with Crippen LogP contribution in [0, 0.1) is 0 Å². The third-order valence-electron chi connectivity index (χ3n) is 3.65. The Morgan fingerprint density at radius 3 is 2.29 bits per heavy atom. The van der Waals surface area contributed by atoms with Crippen molar-refractivity contribution in [3.05, 3.63) is 29.8 Å². The van der Waals surface area contributed by atoms with Crippen LogP contribution >= 0.6 is 0 Å². The van der Waals surface area contributed by atoms with Gasteiger partial charge in [-0.05, 0) is 51.8 Å². The maximum Gasteiger partial charge on any atom is 0.304 e. The Kier molecular flexibility index (Phi) is 6.21. The van der Waals surface area contributed by atoms with Crippen LogP contribution in [-0.2, 0) is 11.2 Å². The third kappa shape index (κ3) is 5.76. The summed E-state index contributed by atoms with van der Waals surface area (Å²) in [6.07, 6.45) is 1.06. The molecule has 0 fully saturated rings. The number of methoxy groups -OCH3 is 1. The molecule has 0 aliphatic carbocycles. The number of hydrogen-bond donors (Lipinski definition) is 1. The zero-order chi connectivity index (χ0) is 16.0. The van der Waals surface area contributed by atoms with E-state index in [1.54, 1.807) is 7.11 Å². The van der Waals surface area contributed by atoms with Crippen molar-refractivity contribution in [1.29, 1.82) is 0 Å². The standard InChI is InChI=1S/C17H27NO3/c1-13(12-14-6-8-15(21-5)9-7-14)18(17(2,3)4)11-10-16(19)20/h6-9,13H,10-12H2,1-5H3,(H,19,20). The first-order chi connectivity index (χ1) is 9.74. The highest BCUT2D eigenvalue weighted by molar-refractivity contribution is 5.66. The number of hydrogen-bond acceptors (Lipinski definition) is 3. The van der Waals surface area contributed by atoms with Crippen molar-refractivity contribution in [2.24, 2.45) is 0 Å². The van der Waals surface area contributed by atoms with Gasteiger partial charge in [0.15, 0.2) is 0 Å². The summed E-state index contributed by atoms with van der Waals surface area (Å²) in [5.41, 5.74) is 1.18. The maximum absolute atomic E-state index is 10.8. The quantitative estimate of drug-likeness (QED) is 0.838. The number of carbonyl (C=O) groups is 1. The second-order valence-electron chi connectivity index (χ2n) is 6.41. The van der Waals surface area contributed by atoms with Crippen LogP contribution in [0.3, 0.4) is 0 Å². The van der Waals surface area contributed by atoms with E-state index in [0.717, 1.165) is 12.2 Å². The molecular weight excluding hydrogens is 266 g/mol. The van der Waals surface area contributed by atoms with E-state index in [4.69, 9.17) is 9.84 Å². The molecule has 0 spiro atoms. The lowest BCUT2D eigenvalue weighted by molar-refractivity contribution is -0.137. The predicted octanol–water partition coefficient (Wildman–Crippen LogP) is 3.20. The Labute approximate surface area is 127 Å². The van der Waals surface area contributed by atoms with E-state index in [-0.39, 0.29) is 18.0 Å². The zero-order valence-electron chi connectivity index (χ0n) is 13.7. The summed E-state index contributed by atoms with van der Waals surface area (Å²) in [5.74, 6) is 0.103. The molecule has 1 rings (SSSR count). The number of carboxylic acid groups (broad SMARTS) is 1. The summed E-state index contributed by atoms with van der Waals surface area (Å²) in [4.78, 5) is 13.1. The first kappa shape index (κ1) is 17.5. The Hall–Kier alpha value is -1.55. The zero-order valence-corrected chi connectivity index (χ0v) is 13.7. The van der Waals surface area contributed by atoms with Gasteiger partial charge in [0.2, 0.25) is 0 Å². The molecule has 1 atom stereocenters. The predicted molar refractivity (Wildman–Crippen MR) is 84.9 cm³/mol. The fourth-order valence-corrected chi connectivity index (χ4v) is 2.65. The van der Waals surface area contributed by atoms with Crippen LogP contribution in [0.2, 0.25) is 0 Å². The molecule has 1 N–H and O–H groups in total. The molecule has 0 amide bonds. The first-order valence-electron chi connectivity index (χ1n) is 7.35. The molecule has 21 heavy (non-hydrogen) atoms. The van der Waals surface area contributed by atoms with Gasteiger partial charge < -0.3 is 9.84 Å². The average Bonchev–Trinajstić information content (AvgIpc) is 2.37. The van der Waals surface area contributed by atoms with Crippen molar-refractivity contribution < 1.29 is 14.6 Å². The molecule has 0 radical (unpaired) electrons. The fourth-order valence-electron chi connectivity index (χ4n) is 2.65. The molecule has 0 aliphatic rings. The molecule has 4 nitrogen and oxygen atoms in total. The van der Waals surface area contributed by atoms with E-state index >= 15 is 0 Å². The Morgan fingerprint density at radius 1 is 1.29 bits per heavy atom. The smallest absolute Gasteiger partial charge is 0.304 e. The lowest BCUT2D eigenvalue weighted by atomic mass is 9.98. The van der Waals surface area contributed by atoms with Gasteiger partial charge in [-0.1, -0.05) is 12.1 Å². The molecule has 1 unspecified atom stereocenters. The first-order valence-corrected chi connectivity index (χ1v) is 7.35. The van der Waals surface area contributed by atoms with Gasteiger partial charge in [-0.15, -0.1) is 0 Å². The molecule has 1 aromatic rings. The molecule has 0 saturated carbocycles. The highest BCUT2D eigenvalue weighted by Crippen LogP contribution is 2.21. The van der Waals surface area contributed by atoms with Gasteiger partial charge in [0.1, 0.15) is 5.75 Å². The summed E-state index contributed by atoms with van der Waals surface area (Å²) in [6, 6.07) is 8.32. The number of nitrogens with zero attached hydrogens (tertiary/aromatic N) is 1. The van der Waals surface area contributed by atoms with Gasteiger partial charge in [-0.25, -0.2) is 0 Å². The van der Waals surface area contributed by atoms with Gasteiger partial charge in [0.25, 0.3) is 0 Å². The molecule has 0 aromatic heterocycles. The molecule has 0 heterocycles. The summed E-state index contributed by atoms with van der Waals surface area (Å²) in [5, 5.41) is 8.92. The summed E-state index contributed by atoms with van der Waals surface area (Å²) >= 11 is 0. The summed E-state index contributed by atoms with van der Waals surface area (Å²) in [6.45, 7) is 9.09. The topological polar surface area (TPSA) is 49.8 Å². The summed E-state index contributed by atoms with van der Waals surface area (Å²) < 4.78 is 5.17. The van der Waals surface area contributed by atoms with E-state index in [0.29, 0.717) is 6.54 Å². The Morgan fingerprint density at radius 2 is 1.86 bits per heavy atom. The van der Waals surface area contributed by atoms with Gasteiger partial charge in [0.05, 0.1) is 13.5 Å². The van der Waals surface area contributed by atoms with Crippen LogP contribution in [-0.4, -0.2) is 41.2 Å². The van der Waals surface area contributed by atoms with Crippen molar-refractivity contribution in [2.75, 3.05) is 13.7 Å². The average molecular weight is 293 g/mol. The van der Waals surface area contributed by atoms with Crippen LogP contribution in [0.15, 0.2) is 24.3 Å². The second kappa shape index (κ2) is 7.46. The van der Waals surface area contributed by atoms with Crippen molar-refractivity contribution in [3.63, 3.8) is 0 Å². The van der Waals surface area contributed by atoms with Crippen LogP contribution in [0.25, 0.3) is 0 Å². The highest BCUT2D eigenvalue weighted by atomic mass is 16.5. The minimum Gasteiger partial charge on any atom is -0.497 e. The molecular formula is C17H27NO3. The van der Waals surface area contributed by atoms with E-state index in [1.807, 2.05) is 12.1 Å². The highest BCUT2D eigenvalue weighted by Gasteiger charge is 2.26. The normalized spacial score (nSPS) is 13.2. The van der Waals surface area contributed by atoms with Crippen molar-refractivity contribution in [2.45, 2.75) is 52.1 Å². The largest absolute Gasteiger partial charge is 0.497 e. The van der Waals surface area contributed by atoms with E-state index in [9.17, 15) is 4.79 Å². The van der Waals surface area contributed by atoms with E-state index < -0.39 is 5.97 Å². The van der Waals surface area contributed by atoms with E-state index in [1.165, 1.54) is 5.56 Å². The molecule has 4 heteroatoms. The van der Waals surface area contributed by atoms with Crippen molar-refractivity contribution >= 4 is 5.97 Å². The number of carboxylic acids is 1.